The quantitative estimate of drug-likeness (QED) is 0.504. The van der Waals surface area contributed by atoms with Crippen molar-refractivity contribution < 1.29 is 0 Å². The highest BCUT2D eigenvalue weighted by Gasteiger charge is 2.09. The number of H-pyrrole nitrogens is 2. The van der Waals surface area contributed by atoms with Crippen LogP contribution < -0.4 is 5.69 Å². The predicted octanol–water partition coefficient (Wildman–Crippen LogP) is -0.398. The molecule has 7 nitrogen and oxygen atoms in total. The zero-order chi connectivity index (χ0) is 9.71. The molecule has 0 saturated heterocycles. The topological polar surface area (TPSA) is 91.7 Å². The first kappa shape index (κ1) is 7.25. The van der Waals surface area contributed by atoms with E-state index in [2.05, 4.69) is 25.0 Å². The van der Waals surface area contributed by atoms with Crippen molar-refractivity contribution in [2.75, 3.05) is 0 Å². The molecule has 0 aliphatic rings. The van der Waals surface area contributed by atoms with E-state index in [4.69, 9.17) is 0 Å². The van der Waals surface area contributed by atoms with Gasteiger partial charge in [-0.25, -0.2) is 14.8 Å². The second-order valence-electron chi connectivity index (χ2n) is 2.95. The van der Waals surface area contributed by atoms with Crippen LogP contribution in [-0.2, 0) is 0 Å². The maximum Gasteiger partial charge on any atom is 0.349 e. The summed E-state index contributed by atoms with van der Waals surface area (Å²) in [6.45, 7) is 1.73. The van der Waals surface area contributed by atoms with Crippen LogP contribution in [0.25, 0.3) is 16.8 Å². The molecule has 14 heavy (non-hydrogen) atoms. The Morgan fingerprint density at radius 3 is 3.21 bits per heavy atom. The summed E-state index contributed by atoms with van der Waals surface area (Å²) in [4.78, 5) is 25.0. The summed E-state index contributed by atoms with van der Waals surface area (Å²) in [7, 11) is 0. The van der Waals surface area contributed by atoms with Gasteiger partial charge in [0.05, 0.1) is 6.33 Å². The van der Waals surface area contributed by atoms with Crippen molar-refractivity contribution in [1.82, 2.24) is 29.5 Å². The summed E-state index contributed by atoms with van der Waals surface area (Å²) in [5.41, 5.74) is 1.35. The minimum atomic E-state index is -0.333. The van der Waals surface area contributed by atoms with Gasteiger partial charge in [0.1, 0.15) is 11.3 Å². The van der Waals surface area contributed by atoms with Crippen LogP contribution >= 0.6 is 0 Å². The number of aromatic amines is 2. The fourth-order valence-electron chi connectivity index (χ4n) is 1.43. The highest BCUT2D eigenvalue weighted by molar-refractivity contribution is 5.84. The Kier molecular flexibility index (Phi) is 1.13. The van der Waals surface area contributed by atoms with Crippen molar-refractivity contribution in [3.05, 3.63) is 22.6 Å². The van der Waals surface area contributed by atoms with E-state index in [-0.39, 0.29) is 5.69 Å². The number of imidazole rings is 1. The fraction of sp³-hybridized carbons (Fsp3) is 0.143. The van der Waals surface area contributed by atoms with Gasteiger partial charge >= 0.3 is 5.69 Å². The molecular formula is C7H6N6O. The molecule has 0 amide bonds. The van der Waals surface area contributed by atoms with Crippen molar-refractivity contribution in [3.8, 4) is 0 Å². The van der Waals surface area contributed by atoms with Gasteiger partial charge in [-0.1, -0.05) is 0 Å². The van der Waals surface area contributed by atoms with E-state index >= 15 is 0 Å². The van der Waals surface area contributed by atoms with E-state index in [1.165, 1.54) is 10.8 Å². The lowest BCUT2D eigenvalue weighted by atomic mass is 10.5. The Balaban J connectivity index is 2.73. The molecule has 0 aromatic carbocycles. The summed E-state index contributed by atoms with van der Waals surface area (Å²) in [5.74, 6) is 0.553. The molecule has 0 aliphatic carbocycles. The molecule has 2 N–H and O–H groups in total. The highest BCUT2D eigenvalue weighted by Crippen LogP contribution is 2.08. The third-order valence-corrected chi connectivity index (χ3v) is 1.99. The van der Waals surface area contributed by atoms with Gasteiger partial charge in [0.2, 0.25) is 0 Å². The molecule has 3 rings (SSSR count). The highest BCUT2D eigenvalue weighted by atomic mass is 16.1. The number of rotatable bonds is 0. The molecular weight excluding hydrogens is 184 g/mol. The smallest absolute Gasteiger partial charge is 0.340 e. The van der Waals surface area contributed by atoms with Crippen molar-refractivity contribution in [1.29, 1.82) is 0 Å². The predicted molar refractivity (Wildman–Crippen MR) is 48.0 cm³/mol. The minimum Gasteiger partial charge on any atom is -0.340 e. The number of fused-ring (bicyclic) bond motifs is 3. The first-order valence-electron chi connectivity index (χ1n) is 4.04. The number of nitrogens with zero attached hydrogens (tertiary/aromatic N) is 4. The summed E-state index contributed by atoms with van der Waals surface area (Å²) >= 11 is 0. The molecule has 7 heteroatoms. The molecule has 3 aromatic heterocycles. The molecule has 0 atom stereocenters. The Morgan fingerprint density at radius 1 is 1.50 bits per heavy atom. The van der Waals surface area contributed by atoms with Crippen molar-refractivity contribution in [2.45, 2.75) is 6.92 Å². The van der Waals surface area contributed by atoms with Crippen molar-refractivity contribution in [2.24, 2.45) is 0 Å². The van der Waals surface area contributed by atoms with Gasteiger partial charge in [0, 0.05) is 0 Å². The Bertz CT molecular complexity index is 674. The van der Waals surface area contributed by atoms with Crippen LogP contribution in [0.5, 0.6) is 0 Å². The van der Waals surface area contributed by atoms with Gasteiger partial charge in [-0.3, -0.25) is 4.98 Å². The zero-order valence-electron chi connectivity index (χ0n) is 7.27. The van der Waals surface area contributed by atoms with Crippen LogP contribution in [0.3, 0.4) is 0 Å². The number of aromatic nitrogens is 6. The van der Waals surface area contributed by atoms with E-state index < -0.39 is 0 Å². The van der Waals surface area contributed by atoms with E-state index in [1.807, 2.05) is 0 Å². The van der Waals surface area contributed by atoms with Crippen LogP contribution in [0.1, 0.15) is 5.82 Å². The summed E-state index contributed by atoms with van der Waals surface area (Å²) in [6, 6.07) is 0. The molecule has 0 spiro atoms. The second-order valence-corrected chi connectivity index (χ2v) is 2.95. The Morgan fingerprint density at radius 2 is 2.36 bits per heavy atom. The van der Waals surface area contributed by atoms with Crippen molar-refractivity contribution in [3.63, 3.8) is 0 Å². The van der Waals surface area contributed by atoms with Crippen LogP contribution in [0.4, 0.5) is 0 Å². The van der Waals surface area contributed by atoms with Crippen molar-refractivity contribution >= 4 is 16.8 Å². The third kappa shape index (κ3) is 0.754. The monoisotopic (exact) mass is 190 g/mol. The first-order chi connectivity index (χ1) is 6.75. The summed E-state index contributed by atoms with van der Waals surface area (Å²) in [5, 5.41) is 3.96. The van der Waals surface area contributed by atoms with E-state index in [9.17, 15) is 4.79 Å². The van der Waals surface area contributed by atoms with E-state index in [1.54, 1.807) is 6.92 Å². The molecule has 70 valence electrons. The van der Waals surface area contributed by atoms with Crippen LogP contribution in [0.2, 0.25) is 0 Å². The average Bonchev–Trinajstić information content (AvgIpc) is 2.69. The first-order valence-corrected chi connectivity index (χ1v) is 4.04. The van der Waals surface area contributed by atoms with Crippen LogP contribution in [-0.4, -0.2) is 29.5 Å². The largest absolute Gasteiger partial charge is 0.349 e. The molecule has 0 fully saturated rings. The van der Waals surface area contributed by atoms with Gasteiger partial charge in [0.25, 0.3) is 0 Å². The zero-order valence-corrected chi connectivity index (χ0v) is 7.27. The normalized spacial score (nSPS) is 11.5. The minimum absolute atomic E-state index is 0.333. The summed E-state index contributed by atoms with van der Waals surface area (Å²) < 4.78 is 1.22. The second kappa shape index (κ2) is 2.19. The number of hydrogen-bond acceptors (Lipinski definition) is 4. The maximum absolute atomic E-state index is 11.5. The Hall–Kier alpha value is -2.18. The van der Waals surface area contributed by atoms with Gasteiger partial charge in [-0.15, -0.1) is 5.10 Å². The SMILES string of the molecule is Cc1nc2c3[nH]cnc3[nH]c(=O)n2n1. The lowest BCUT2D eigenvalue weighted by Crippen LogP contribution is -2.17. The number of aryl methyl sites for hydroxylation is 1. The van der Waals surface area contributed by atoms with Crippen LogP contribution in [0, 0.1) is 6.92 Å². The molecule has 3 aromatic rings. The molecule has 0 unspecified atom stereocenters. The fourth-order valence-corrected chi connectivity index (χ4v) is 1.43. The maximum atomic E-state index is 11.5. The third-order valence-electron chi connectivity index (χ3n) is 1.99. The van der Waals surface area contributed by atoms with E-state index in [0.29, 0.717) is 22.6 Å². The summed E-state index contributed by atoms with van der Waals surface area (Å²) in [6.07, 6.45) is 1.50. The molecule has 0 radical (unpaired) electrons. The number of nitrogens with one attached hydrogen (secondary N) is 2. The average molecular weight is 190 g/mol. The molecule has 0 bridgehead atoms. The Labute approximate surface area is 76.8 Å². The standard InChI is InChI=1S/C7H6N6O/c1-3-10-6-4-5(9-2-8-4)11-7(14)13(6)12-3/h2H,1H3,(H,8,9)(H,11,14). The lowest BCUT2D eigenvalue weighted by molar-refractivity contribution is 0.861. The van der Waals surface area contributed by atoms with Gasteiger partial charge < -0.3 is 4.98 Å². The van der Waals surface area contributed by atoms with Gasteiger partial charge in [0.15, 0.2) is 11.3 Å². The molecule has 0 saturated carbocycles. The molecule has 3 heterocycles. The van der Waals surface area contributed by atoms with Gasteiger partial charge in [-0.2, -0.15) is 4.52 Å². The molecule has 0 aliphatic heterocycles. The van der Waals surface area contributed by atoms with Gasteiger partial charge in [-0.05, 0) is 6.92 Å². The van der Waals surface area contributed by atoms with E-state index in [0.717, 1.165) is 0 Å². The number of hydrogen-bond donors (Lipinski definition) is 2. The van der Waals surface area contributed by atoms with Crippen LogP contribution in [0.15, 0.2) is 11.1 Å². The lowest BCUT2D eigenvalue weighted by Gasteiger charge is -1.90.